The molecule has 2 heterocycles. The van der Waals surface area contributed by atoms with Crippen molar-refractivity contribution in [2.24, 2.45) is 11.7 Å². The summed E-state index contributed by atoms with van der Waals surface area (Å²) in [5.74, 6) is 0.131. The van der Waals surface area contributed by atoms with Gasteiger partial charge in [0.15, 0.2) is 0 Å². The number of nitrogens with zero attached hydrogens (tertiary/aromatic N) is 3. The van der Waals surface area contributed by atoms with Gasteiger partial charge in [0, 0.05) is 39.3 Å². The summed E-state index contributed by atoms with van der Waals surface area (Å²) in [6.07, 6.45) is 3.15. The summed E-state index contributed by atoms with van der Waals surface area (Å²) in [6, 6.07) is 17.3. The van der Waals surface area contributed by atoms with Gasteiger partial charge in [0.2, 0.25) is 11.8 Å². The Hall–Kier alpha value is -3.07. The van der Waals surface area contributed by atoms with Gasteiger partial charge in [-0.05, 0) is 48.4 Å². The predicted molar refractivity (Wildman–Crippen MR) is 141 cm³/mol. The second-order valence-electron chi connectivity index (χ2n) is 10.7. The first-order valence-electron chi connectivity index (χ1n) is 13.4. The van der Waals surface area contributed by atoms with Crippen molar-refractivity contribution in [3.63, 3.8) is 0 Å². The highest BCUT2D eigenvalue weighted by Gasteiger charge is 2.43. The van der Waals surface area contributed by atoms with Crippen LogP contribution in [0.1, 0.15) is 29.5 Å². The standard InChI is InChI=1S/C29H37N5O3/c30-15-23-17-33(18-23)20-27(36)34-14-13-32(16-22-7-2-1-3-8-22)19-26(34)28(37)31-29(21-35)12-6-10-24-9-4-5-11-25(24)29/h1-5,7-9,11,21,23,26H,6,10,12-20,30H2,(H,31,37). The molecule has 2 amide bonds. The fraction of sp³-hybridized carbons (Fsp3) is 0.483. The number of rotatable bonds is 8. The van der Waals surface area contributed by atoms with Gasteiger partial charge in [0.25, 0.3) is 0 Å². The van der Waals surface area contributed by atoms with Crippen molar-refractivity contribution in [1.82, 2.24) is 20.0 Å². The topological polar surface area (TPSA) is 99.0 Å². The Balaban J connectivity index is 1.35. The molecule has 0 radical (unpaired) electrons. The van der Waals surface area contributed by atoms with E-state index in [2.05, 4.69) is 27.2 Å². The Bertz CT molecular complexity index is 1120. The van der Waals surface area contributed by atoms with Crippen LogP contribution >= 0.6 is 0 Å². The number of amides is 2. The largest absolute Gasteiger partial charge is 0.338 e. The zero-order chi connectivity index (χ0) is 25.8. The molecular weight excluding hydrogens is 466 g/mol. The minimum atomic E-state index is -1.06. The van der Waals surface area contributed by atoms with Crippen LogP contribution < -0.4 is 11.1 Å². The number of nitrogens with one attached hydrogen (secondary N) is 1. The van der Waals surface area contributed by atoms with Gasteiger partial charge < -0.3 is 20.7 Å². The molecule has 3 aliphatic rings. The van der Waals surface area contributed by atoms with Crippen molar-refractivity contribution < 1.29 is 14.4 Å². The molecule has 2 aromatic rings. The van der Waals surface area contributed by atoms with Gasteiger partial charge in [-0.1, -0.05) is 54.6 Å². The predicted octanol–water partition coefficient (Wildman–Crippen LogP) is 1.14. The molecule has 2 atom stereocenters. The molecule has 196 valence electrons. The van der Waals surface area contributed by atoms with Crippen molar-refractivity contribution >= 4 is 18.1 Å². The maximum absolute atomic E-state index is 13.9. The van der Waals surface area contributed by atoms with E-state index in [9.17, 15) is 14.4 Å². The van der Waals surface area contributed by atoms with Crippen LogP contribution in [0, 0.1) is 5.92 Å². The second-order valence-corrected chi connectivity index (χ2v) is 10.7. The first kappa shape index (κ1) is 25.6. The minimum Gasteiger partial charge on any atom is -0.338 e. The third-order valence-electron chi connectivity index (χ3n) is 8.12. The molecule has 2 aromatic carbocycles. The van der Waals surface area contributed by atoms with E-state index in [0.29, 0.717) is 51.6 Å². The van der Waals surface area contributed by atoms with E-state index in [0.717, 1.165) is 43.3 Å². The van der Waals surface area contributed by atoms with E-state index in [1.54, 1.807) is 4.90 Å². The van der Waals surface area contributed by atoms with E-state index < -0.39 is 11.6 Å². The van der Waals surface area contributed by atoms with Crippen molar-refractivity contribution in [3.8, 4) is 0 Å². The lowest BCUT2D eigenvalue weighted by atomic mass is 9.77. The Morgan fingerprint density at radius 3 is 2.51 bits per heavy atom. The molecular formula is C29H37N5O3. The van der Waals surface area contributed by atoms with Crippen molar-refractivity contribution in [3.05, 3.63) is 71.3 Å². The molecule has 8 nitrogen and oxygen atoms in total. The summed E-state index contributed by atoms with van der Waals surface area (Å²) in [7, 11) is 0. The lowest BCUT2D eigenvalue weighted by Crippen LogP contribution is -2.65. The van der Waals surface area contributed by atoms with E-state index >= 15 is 0 Å². The first-order valence-corrected chi connectivity index (χ1v) is 13.4. The van der Waals surface area contributed by atoms with Crippen molar-refractivity contribution in [2.45, 2.75) is 37.4 Å². The summed E-state index contributed by atoms with van der Waals surface area (Å²) >= 11 is 0. The van der Waals surface area contributed by atoms with E-state index in [1.165, 1.54) is 5.56 Å². The number of hydrogen-bond acceptors (Lipinski definition) is 6. The number of aryl methyl sites for hydroxylation is 1. The highest BCUT2D eigenvalue weighted by atomic mass is 16.2. The molecule has 2 saturated heterocycles. The van der Waals surface area contributed by atoms with Crippen LogP contribution in [0.25, 0.3) is 0 Å². The van der Waals surface area contributed by atoms with Gasteiger partial charge >= 0.3 is 0 Å². The molecule has 0 saturated carbocycles. The second kappa shape index (κ2) is 11.1. The number of benzene rings is 2. The smallest absolute Gasteiger partial charge is 0.245 e. The number of likely N-dealkylation sites (tertiary alicyclic amines) is 1. The van der Waals surface area contributed by atoms with Crippen LogP contribution in [0.2, 0.25) is 0 Å². The van der Waals surface area contributed by atoms with Crippen LogP contribution in [-0.4, -0.2) is 84.7 Å². The zero-order valence-corrected chi connectivity index (χ0v) is 21.4. The highest BCUT2D eigenvalue weighted by Crippen LogP contribution is 2.34. The lowest BCUT2D eigenvalue weighted by molar-refractivity contribution is -0.147. The summed E-state index contributed by atoms with van der Waals surface area (Å²) in [4.78, 5) is 45.9. The van der Waals surface area contributed by atoms with Gasteiger partial charge in [-0.15, -0.1) is 0 Å². The molecule has 2 unspecified atom stereocenters. The number of carbonyl (C=O) groups excluding carboxylic acids is 3. The van der Waals surface area contributed by atoms with E-state index in [4.69, 9.17) is 5.73 Å². The fourth-order valence-corrected chi connectivity index (χ4v) is 6.04. The van der Waals surface area contributed by atoms with Crippen LogP contribution in [-0.2, 0) is 32.9 Å². The van der Waals surface area contributed by atoms with Gasteiger partial charge in [-0.25, -0.2) is 0 Å². The first-order chi connectivity index (χ1) is 18.0. The maximum Gasteiger partial charge on any atom is 0.245 e. The highest BCUT2D eigenvalue weighted by molar-refractivity contribution is 5.91. The average Bonchev–Trinajstić information content (AvgIpc) is 2.91. The van der Waals surface area contributed by atoms with Crippen LogP contribution in [0.3, 0.4) is 0 Å². The number of fused-ring (bicyclic) bond motifs is 1. The lowest BCUT2D eigenvalue weighted by Gasteiger charge is -2.44. The average molecular weight is 504 g/mol. The number of nitrogens with two attached hydrogens (primary N) is 1. The summed E-state index contributed by atoms with van der Waals surface area (Å²) < 4.78 is 0. The molecule has 0 spiro atoms. The number of piperazine rings is 1. The Morgan fingerprint density at radius 2 is 1.76 bits per heavy atom. The van der Waals surface area contributed by atoms with Crippen molar-refractivity contribution in [1.29, 1.82) is 0 Å². The third kappa shape index (κ3) is 5.46. The molecule has 2 fully saturated rings. The molecule has 1 aliphatic carbocycles. The molecule has 37 heavy (non-hydrogen) atoms. The van der Waals surface area contributed by atoms with Crippen LogP contribution in [0.15, 0.2) is 54.6 Å². The summed E-state index contributed by atoms with van der Waals surface area (Å²) in [6.45, 7) is 4.85. The van der Waals surface area contributed by atoms with Crippen molar-refractivity contribution in [2.75, 3.05) is 45.8 Å². The van der Waals surface area contributed by atoms with E-state index in [-0.39, 0.29) is 11.8 Å². The van der Waals surface area contributed by atoms with E-state index in [1.807, 2.05) is 42.5 Å². The molecule has 0 aromatic heterocycles. The van der Waals surface area contributed by atoms with Gasteiger partial charge in [-0.3, -0.25) is 19.4 Å². The molecule has 0 bridgehead atoms. The Kier molecular flexibility index (Phi) is 7.69. The van der Waals surface area contributed by atoms with Gasteiger partial charge in [-0.2, -0.15) is 0 Å². The minimum absolute atomic E-state index is 0.0424. The maximum atomic E-state index is 13.9. The molecule has 3 N–H and O–H groups in total. The number of carbonyl (C=O) groups is 3. The summed E-state index contributed by atoms with van der Waals surface area (Å²) in [5.41, 5.74) is 7.82. The SMILES string of the molecule is NCC1CN(CC(=O)N2CCN(Cc3ccccc3)CC2C(=O)NC2(C=O)CCCc3ccccc32)C1. The summed E-state index contributed by atoms with van der Waals surface area (Å²) in [5, 5.41) is 3.12. The quantitative estimate of drug-likeness (QED) is 0.524. The Labute approximate surface area is 218 Å². The Morgan fingerprint density at radius 1 is 1.00 bits per heavy atom. The third-order valence-corrected chi connectivity index (χ3v) is 8.12. The van der Waals surface area contributed by atoms with Gasteiger partial charge in [0.1, 0.15) is 17.9 Å². The number of hydrogen-bond donors (Lipinski definition) is 2. The normalized spacial score (nSPS) is 24.7. The molecule has 2 aliphatic heterocycles. The molecule has 5 rings (SSSR count). The van der Waals surface area contributed by atoms with Crippen LogP contribution in [0.4, 0.5) is 0 Å². The fourth-order valence-electron chi connectivity index (χ4n) is 6.04. The van der Waals surface area contributed by atoms with Gasteiger partial charge in [0.05, 0.1) is 6.54 Å². The molecule has 8 heteroatoms. The number of aldehydes is 1. The van der Waals surface area contributed by atoms with Crippen LogP contribution in [0.5, 0.6) is 0 Å². The zero-order valence-electron chi connectivity index (χ0n) is 21.4. The monoisotopic (exact) mass is 503 g/mol.